The molecule has 0 aliphatic carbocycles. The molecule has 0 atom stereocenters. The highest BCUT2D eigenvalue weighted by molar-refractivity contribution is 9.10. The molecule has 1 amide bonds. The molecule has 0 radical (unpaired) electrons. The topological polar surface area (TPSA) is 80.9 Å². The van der Waals surface area contributed by atoms with Crippen LogP contribution in [0.2, 0.25) is 0 Å². The van der Waals surface area contributed by atoms with E-state index in [1.165, 1.54) is 11.3 Å². The average Bonchev–Trinajstić information content (AvgIpc) is 2.80. The molecule has 112 valence electrons. The summed E-state index contributed by atoms with van der Waals surface area (Å²) in [4.78, 5) is 12.3. The summed E-state index contributed by atoms with van der Waals surface area (Å²) in [5.41, 5.74) is 7.73. The molecule has 2 aromatic rings. The number of hydrogen-bond acceptors (Lipinski definition) is 5. The van der Waals surface area contributed by atoms with Gasteiger partial charge in [-0.1, -0.05) is 41.1 Å². The third kappa shape index (κ3) is 4.01. The Hall–Kier alpha value is -1.47. The van der Waals surface area contributed by atoms with E-state index >= 15 is 0 Å². The van der Waals surface area contributed by atoms with E-state index < -0.39 is 0 Å². The van der Waals surface area contributed by atoms with Crippen LogP contribution in [-0.2, 0) is 6.42 Å². The molecule has 0 saturated carbocycles. The van der Waals surface area contributed by atoms with Crippen molar-refractivity contribution in [3.05, 3.63) is 32.7 Å². The zero-order valence-corrected chi connectivity index (χ0v) is 14.5. The quantitative estimate of drug-likeness (QED) is 0.807. The van der Waals surface area contributed by atoms with Gasteiger partial charge in [-0.15, -0.1) is 10.2 Å². The molecule has 0 unspecified atom stereocenters. The largest absolute Gasteiger partial charge is 0.398 e. The van der Waals surface area contributed by atoms with Crippen molar-refractivity contribution < 1.29 is 4.79 Å². The van der Waals surface area contributed by atoms with Crippen molar-refractivity contribution in [2.24, 2.45) is 5.92 Å². The van der Waals surface area contributed by atoms with Gasteiger partial charge >= 0.3 is 0 Å². The number of rotatable bonds is 4. The standard InChI is InChI=1S/C14H17BrN4OS/c1-7(2)4-12-18-19-14(21-12)17-13(20)10-5-9(15)6-11(16)8(10)3/h5-7H,4,16H2,1-3H3,(H,17,19,20). The van der Waals surface area contributed by atoms with Gasteiger partial charge in [0.2, 0.25) is 5.13 Å². The summed E-state index contributed by atoms with van der Waals surface area (Å²) in [6, 6.07) is 3.52. The number of carbonyl (C=O) groups excluding carboxylic acids is 1. The van der Waals surface area contributed by atoms with Gasteiger partial charge in [0.25, 0.3) is 5.91 Å². The molecule has 0 bridgehead atoms. The Balaban J connectivity index is 2.16. The van der Waals surface area contributed by atoms with E-state index in [1.54, 1.807) is 12.1 Å². The molecule has 7 heteroatoms. The van der Waals surface area contributed by atoms with Crippen LogP contribution in [0.4, 0.5) is 10.8 Å². The van der Waals surface area contributed by atoms with Crippen molar-refractivity contribution in [2.75, 3.05) is 11.1 Å². The zero-order valence-electron chi connectivity index (χ0n) is 12.1. The van der Waals surface area contributed by atoms with Gasteiger partial charge in [-0.3, -0.25) is 10.1 Å². The van der Waals surface area contributed by atoms with Crippen molar-refractivity contribution in [3.63, 3.8) is 0 Å². The van der Waals surface area contributed by atoms with Crippen molar-refractivity contribution in [1.82, 2.24) is 10.2 Å². The summed E-state index contributed by atoms with van der Waals surface area (Å²) in [6.45, 7) is 6.06. The SMILES string of the molecule is Cc1c(N)cc(Br)cc1C(=O)Nc1nnc(CC(C)C)s1. The first-order chi connectivity index (χ1) is 9.86. The molecular formula is C14H17BrN4OS. The summed E-state index contributed by atoms with van der Waals surface area (Å²) < 4.78 is 0.772. The third-order valence-corrected chi connectivity index (χ3v) is 4.25. The molecule has 2 rings (SSSR count). The summed E-state index contributed by atoms with van der Waals surface area (Å²) >= 11 is 4.75. The van der Waals surface area contributed by atoms with Gasteiger partial charge in [-0.2, -0.15) is 0 Å². The maximum absolute atomic E-state index is 12.3. The van der Waals surface area contributed by atoms with Crippen LogP contribution in [0.25, 0.3) is 0 Å². The average molecular weight is 369 g/mol. The van der Waals surface area contributed by atoms with E-state index in [1.807, 2.05) is 6.92 Å². The van der Waals surface area contributed by atoms with Crippen molar-refractivity contribution >= 4 is 44.0 Å². The number of benzene rings is 1. The first-order valence-corrected chi connectivity index (χ1v) is 8.17. The van der Waals surface area contributed by atoms with E-state index in [9.17, 15) is 4.79 Å². The van der Waals surface area contributed by atoms with Crippen LogP contribution in [0.5, 0.6) is 0 Å². The number of aromatic nitrogens is 2. The molecule has 0 aliphatic heterocycles. The van der Waals surface area contributed by atoms with E-state index in [4.69, 9.17) is 5.73 Å². The fourth-order valence-electron chi connectivity index (χ4n) is 1.84. The lowest BCUT2D eigenvalue weighted by molar-refractivity contribution is 0.102. The normalized spacial score (nSPS) is 10.9. The molecule has 0 saturated heterocycles. The van der Waals surface area contributed by atoms with Crippen LogP contribution in [0, 0.1) is 12.8 Å². The van der Waals surface area contributed by atoms with E-state index in [-0.39, 0.29) is 5.91 Å². The predicted octanol–water partition coefficient (Wildman–Crippen LogP) is 3.64. The van der Waals surface area contributed by atoms with Gasteiger partial charge in [0.15, 0.2) is 0 Å². The second-order valence-electron chi connectivity index (χ2n) is 5.22. The molecule has 1 aromatic carbocycles. The fraction of sp³-hybridized carbons (Fsp3) is 0.357. The van der Waals surface area contributed by atoms with E-state index in [0.717, 1.165) is 21.5 Å². The van der Waals surface area contributed by atoms with Gasteiger partial charge in [-0.05, 0) is 30.5 Å². The maximum atomic E-state index is 12.3. The van der Waals surface area contributed by atoms with Crippen LogP contribution in [0.3, 0.4) is 0 Å². The van der Waals surface area contributed by atoms with Crippen molar-refractivity contribution in [3.8, 4) is 0 Å². The second-order valence-corrected chi connectivity index (χ2v) is 7.20. The number of amides is 1. The van der Waals surface area contributed by atoms with Crippen molar-refractivity contribution in [2.45, 2.75) is 27.2 Å². The number of anilines is 2. The molecule has 1 heterocycles. The molecule has 0 spiro atoms. The van der Waals surface area contributed by atoms with Crippen LogP contribution in [0.15, 0.2) is 16.6 Å². The van der Waals surface area contributed by atoms with Crippen LogP contribution in [0.1, 0.15) is 34.8 Å². The number of hydrogen-bond donors (Lipinski definition) is 2. The number of nitrogens with one attached hydrogen (secondary N) is 1. The van der Waals surface area contributed by atoms with Crippen LogP contribution in [-0.4, -0.2) is 16.1 Å². The minimum atomic E-state index is -0.229. The van der Waals surface area contributed by atoms with Gasteiger partial charge in [0.1, 0.15) is 5.01 Å². The molecule has 21 heavy (non-hydrogen) atoms. The maximum Gasteiger partial charge on any atom is 0.257 e. The van der Waals surface area contributed by atoms with Gasteiger partial charge in [-0.25, -0.2) is 0 Å². The van der Waals surface area contributed by atoms with E-state index in [0.29, 0.717) is 22.3 Å². The Morgan fingerprint density at radius 2 is 2.14 bits per heavy atom. The molecule has 5 nitrogen and oxygen atoms in total. The predicted molar refractivity (Wildman–Crippen MR) is 89.7 cm³/mol. The van der Waals surface area contributed by atoms with Crippen LogP contribution < -0.4 is 11.1 Å². The highest BCUT2D eigenvalue weighted by Gasteiger charge is 2.15. The fourth-order valence-corrected chi connectivity index (χ4v) is 3.26. The first-order valence-electron chi connectivity index (χ1n) is 6.56. The number of carbonyl (C=O) groups is 1. The number of nitrogen functional groups attached to an aromatic ring is 1. The number of nitrogens with two attached hydrogens (primary N) is 1. The Labute approximate surface area is 136 Å². The monoisotopic (exact) mass is 368 g/mol. The van der Waals surface area contributed by atoms with Crippen LogP contribution >= 0.6 is 27.3 Å². The first kappa shape index (κ1) is 15.9. The Kier molecular flexibility index (Phi) is 4.95. The molecular weight excluding hydrogens is 352 g/mol. The Morgan fingerprint density at radius 3 is 2.81 bits per heavy atom. The highest BCUT2D eigenvalue weighted by atomic mass is 79.9. The minimum Gasteiger partial charge on any atom is -0.398 e. The number of halogens is 1. The summed E-state index contributed by atoms with van der Waals surface area (Å²) in [5, 5.41) is 12.3. The zero-order chi connectivity index (χ0) is 15.6. The van der Waals surface area contributed by atoms with Gasteiger partial charge in [0, 0.05) is 22.1 Å². The van der Waals surface area contributed by atoms with E-state index in [2.05, 4.69) is 45.3 Å². The Bertz CT molecular complexity index is 669. The minimum absolute atomic E-state index is 0.229. The summed E-state index contributed by atoms with van der Waals surface area (Å²) in [6.07, 6.45) is 0.858. The Morgan fingerprint density at radius 1 is 1.43 bits per heavy atom. The summed E-state index contributed by atoms with van der Waals surface area (Å²) in [7, 11) is 0. The lowest BCUT2D eigenvalue weighted by Gasteiger charge is -2.08. The molecule has 0 fully saturated rings. The van der Waals surface area contributed by atoms with Gasteiger partial charge in [0.05, 0.1) is 0 Å². The summed E-state index contributed by atoms with van der Waals surface area (Å²) in [5.74, 6) is 0.279. The lowest BCUT2D eigenvalue weighted by Crippen LogP contribution is -2.14. The van der Waals surface area contributed by atoms with Crippen molar-refractivity contribution in [1.29, 1.82) is 0 Å². The molecule has 1 aromatic heterocycles. The highest BCUT2D eigenvalue weighted by Crippen LogP contribution is 2.24. The molecule has 0 aliphatic rings. The van der Waals surface area contributed by atoms with Gasteiger partial charge < -0.3 is 5.73 Å². The number of nitrogens with zero attached hydrogens (tertiary/aromatic N) is 2. The second kappa shape index (κ2) is 6.53. The smallest absolute Gasteiger partial charge is 0.257 e. The third-order valence-electron chi connectivity index (χ3n) is 2.93. The molecule has 3 N–H and O–H groups in total. The lowest BCUT2D eigenvalue weighted by atomic mass is 10.1.